The van der Waals surface area contributed by atoms with Gasteiger partial charge in [0, 0.05) is 0 Å². The Morgan fingerprint density at radius 2 is 1.33 bits per heavy atom. The lowest BCUT2D eigenvalue weighted by Gasteiger charge is -2.13. The SMILES string of the molecule is C[C@@H]1OC(c2c(F)cccc2F)=N[C@H]1c1ccc(-c2ccc(F)cc2)cc1. The van der Waals surface area contributed by atoms with Crippen LogP contribution in [0.25, 0.3) is 11.1 Å². The fourth-order valence-corrected chi connectivity index (χ4v) is 3.19. The number of ether oxygens (including phenoxy) is 1. The zero-order valence-corrected chi connectivity index (χ0v) is 14.5. The number of aliphatic imine (C=N–C) groups is 1. The number of nitrogens with zero attached hydrogens (tertiary/aromatic N) is 1. The summed E-state index contributed by atoms with van der Waals surface area (Å²) in [5, 5.41) is 0. The van der Waals surface area contributed by atoms with Crippen LogP contribution < -0.4 is 0 Å². The van der Waals surface area contributed by atoms with Crippen molar-refractivity contribution in [2.75, 3.05) is 0 Å². The quantitative estimate of drug-likeness (QED) is 0.584. The van der Waals surface area contributed by atoms with Gasteiger partial charge in [-0.2, -0.15) is 0 Å². The van der Waals surface area contributed by atoms with Crippen LogP contribution >= 0.6 is 0 Å². The average Bonchev–Trinajstić information content (AvgIpc) is 3.04. The van der Waals surface area contributed by atoms with Crippen LogP contribution in [0.5, 0.6) is 0 Å². The Balaban J connectivity index is 1.63. The summed E-state index contributed by atoms with van der Waals surface area (Å²) in [5.74, 6) is -1.71. The van der Waals surface area contributed by atoms with Crippen LogP contribution in [-0.4, -0.2) is 12.0 Å². The summed E-state index contributed by atoms with van der Waals surface area (Å²) in [4.78, 5) is 4.41. The molecule has 0 aliphatic carbocycles. The molecule has 0 N–H and O–H groups in total. The Labute approximate surface area is 155 Å². The Kier molecular flexibility index (Phi) is 4.44. The van der Waals surface area contributed by atoms with Crippen LogP contribution in [0.1, 0.15) is 24.1 Å². The molecule has 1 heterocycles. The molecule has 5 heteroatoms. The molecule has 136 valence electrons. The molecular weight excluding hydrogens is 351 g/mol. The lowest BCUT2D eigenvalue weighted by Crippen LogP contribution is -2.14. The Morgan fingerprint density at radius 3 is 1.93 bits per heavy atom. The summed E-state index contributed by atoms with van der Waals surface area (Å²) < 4.78 is 46.7. The average molecular weight is 367 g/mol. The van der Waals surface area contributed by atoms with Crippen molar-refractivity contribution < 1.29 is 17.9 Å². The van der Waals surface area contributed by atoms with E-state index in [1.807, 2.05) is 31.2 Å². The van der Waals surface area contributed by atoms with Gasteiger partial charge in [0.05, 0.1) is 0 Å². The second kappa shape index (κ2) is 6.91. The largest absolute Gasteiger partial charge is 0.472 e. The van der Waals surface area contributed by atoms with E-state index in [0.29, 0.717) is 0 Å². The molecule has 1 aliphatic rings. The number of hydrogen-bond acceptors (Lipinski definition) is 2. The maximum atomic E-state index is 14.0. The molecule has 0 aromatic heterocycles. The van der Waals surface area contributed by atoms with E-state index < -0.39 is 11.6 Å². The van der Waals surface area contributed by atoms with E-state index in [1.54, 1.807) is 12.1 Å². The molecule has 0 spiro atoms. The van der Waals surface area contributed by atoms with Crippen LogP contribution in [0.15, 0.2) is 71.7 Å². The van der Waals surface area contributed by atoms with Crippen LogP contribution in [0.4, 0.5) is 13.2 Å². The van der Waals surface area contributed by atoms with E-state index in [2.05, 4.69) is 4.99 Å². The van der Waals surface area contributed by atoms with Crippen LogP contribution in [0.2, 0.25) is 0 Å². The van der Waals surface area contributed by atoms with Gasteiger partial charge in [-0.3, -0.25) is 0 Å². The highest BCUT2D eigenvalue weighted by atomic mass is 19.1. The smallest absolute Gasteiger partial charge is 0.223 e. The highest BCUT2D eigenvalue weighted by molar-refractivity contribution is 5.96. The lowest BCUT2D eigenvalue weighted by molar-refractivity contribution is 0.213. The van der Waals surface area contributed by atoms with Crippen molar-refractivity contribution in [1.29, 1.82) is 0 Å². The predicted molar refractivity (Wildman–Crippen MR) is 98.0 cm³/mol. The van der Waals surface area contributed by atoms with E-state index in [1.165, 1.54) is 30.3 Å². The molecule has 0 saturated heterocycles. The third kappa shape index (κ3) is 3.33. The molecule has 3 aromatic rings. The fraction of sp³-hybridized carbons (Fsp3) is 0.136. The van der Waals surface area contributed by atoms with Gasteiger partial charge in [-0.1, -0.05) is 42.5 Å². The molecule has 4 rings (SSSR count). The van der Waals surface area contributed by atoms with E-state index in [0.717, 1.165) is 16.7 Å². The van der Waals surface area contributed by atoms with Crippen molar-refractivity contribution in [3.05, 3.63) is 95.3 Å². The summed E-state index contributed by atoms with van der Waals surface area (Å²) in [6, 6.07) is 17.2. The van der Waals surface area contributed by atoms with Crippen LogP contribution in [-0.2, 0) is 4.74 Å². The lowest BCUT2D eigenvalue weighted by atomic mass is 9.99. The zero-order valence-electron chi connectivity index (χ0n) is 14.5. The highest BCUT2D eigenvalue weighted by Gasteiger charge is 2.32. The summed E-state index contributed by atoms with van der Waals surface area (Å²) in [6.07, 6.45) is -0.351. The van der Waals surface area contributed by atoms with Crippen LogP contribution in [0.3, 0.4) is 0 Å². The van der Waals surface area contributed by atoms with Crippen molar-refractivity contribution in [2.45, 2.75) is 19.1 Å². The van der Waals surface area contributed by atoms with Crippen molar-refractivity contribution >= 4 is 5.90 Å². The van der Waals surface area contributed by atoms with Crippen LogP contribution in [0, 0.1) is 17.5 Å². The first-order chi connectivity index (χ1) is 13.0. The normalized spacial score (nSPS) is 18.9. The van der Waals surface area contributed by atoms with Crippen molar-refractivity contribution in [3.8, 4) is 11.1 Å². The molecule has 0 unspecified atom stereocenters. The third-order valence-electron chi connectivity index (χ3n) is 4.60. The van der Waals surface area contributed by atoms with Crippen molar-refractivity contribution in [2.24, 2.45) is 4.99 Å². The van der Waals surface area contributed by atoms with E-state index in [9.17, 15) is 13.2 Å². The molecule has 0 fully saturated rings. The van der Waals surface area contributed by atoms with Gasteiger partial charge in [-0.05, 0) is 47.9 Å². The topological polar surface area (TPSA) is 21.6 Å². The second-order valence-electron chi connectivity index (χ2n) is 6.43. The number of benzene rings is 3. The molecule has 2 atom stereocenters. The summed E-state index contributed by atoms with van der Waals surface area (Å²) in [7, 11) is 0. The van der Waals surface area contributed by atoms with Gasteiger partial charge in [0.2, 0.25) is 5.90 Å². The predicted octanol–water partition coefficient (Wildman–Crippen LogP) is 5.68. The maximum absolute atomic E-state index is 14.0. The molecule has 0 radical (unpaired) electrons. The summed E-state index contributed by atoms with van der Waals surface area (Å²) >= 11 is 0. The van der Waals surface area contributed by atoms with Crippen molar-refractivity contribution in [1.82, 2.24) is 0 Å². The molecule has 0 saturated carbocycles. The van der Waals surface area contributed by atoms with Gasteiger partial charge in [0.15, 0.2) is 0 Å². The summed E-state index contributed by atoms with van der Waals surface area (Å²) in [6.45, 7) is 1.81. The molecule has 27 heavy (non-hydrogen) atoms. The van der Waals surface area contributed by atoms with Gasteiger partial charge in [-0.15, -0.1) is 0 Å². The molecular formula is C22H16F3NO. The number of halogens is 3. The maximum Gasteiger partial charge on any atom is 0.223 e. The Bertz CT molecular complexity index is 977. The first-order valence-electron chi connectivity index (χ1n) is 8.57. The van der Waals surface area contributed by atoms with E-state index >= 15 is 0 Å². The molecule has 0 amide bonds. The van der Waals surface area contributed by atoms with Gasteiger partial charge in [-0.25, -0.2) is 18.2 Å². The Hall–Kier alpha value is -3.08. The van der Waals surface area contributed by atoms with Crippen molar-refractivity contribution in [3.63, 3.8) is 0 Å². The minimum Gasteiger partial charge on any atom is -0.472 e. The van der Waals surface area contributed by atoms with Gasteiger partial charge < -0.3 is 4.74 Å². The second-order valence-corrected chi connectivity index (χ2v) is 6.43. The monoisotopic (exact) mass is 367 g/mol. The molecule has 1 aliphatic heterocycles. The zero-order chi connectivity index (χ0) is 19.0. The van der Waals surface area contributed by atoms with E-state index in [-0.39, 0.29) is 29.4 Å². The molecule has 3 aromatic carbocycles. The molecule has 2 nitrogen and oxygen atoms in total. The van der Waals surface area contributed by atoms with Gasteiger partial charge in [0.25, 0.3) is 0 Å². The first-order valence-corrected chi connectivity index (χ1v) is 8.57. The van der Waals surface area contributed by atoms with Gasteiger partial charge >= 0.3 is 0 Å². The highest BCUT2D eigenvalue weighted by Crippen LogP contribution is 2.33. The summed E-state index contributed by atoms with van der Waals surface area (Å²) in [5.41, 5.74) is 2.47. The standard InChI is InChI=1S/C22H16F3NO/c1-13-21(26-22(27-13)20-18(24)3-2-4-19(20)25)16-7-5-14(6-8-16)15-9-11-17(23)12-10-15/h2-13,21H,1H3/t13-,21+/m0/s1. The van der Waals surface area contributed by atoms with E-state index in [4.69, 9.17) is 4.74 Å². The minimum absolute atomic E-state index is 0.0225. The number of rotatable bonds is 3. The number of hydrogen-bond donors (Lipinski definition) is 0. The first kappa shape index (κ1) is 17.3. The Morgan fingerprint density at radius 1 is 0.778 bits per heavy atom. The molecule has 0 bridgehead atoms. The fourth-order valence-electron chi connectivity index (χ4n) is 3.19. The third-order valence-corrected chi connectivity index (χ3v) is 4.60. The van der Waals surface area contributed by atoms with Gasteiger partial charge in [0.1, 0.15) is 35.2 Å². The minimum atomic E-state index is -0.701.